The molecule has 3 heteroatoms. The van der Waals surface area contributed by atoms with Gasteiger partial charge in [0.25, 0.3) is 0 Å². The van der Waals surface area contributed by atoms with E-state index in [2.05, 4.69) is 43.1 Å². The first kappa shape index (κ1) is 14.3. The second kappa shape index (κ2) is 6.87. The molecule has 0 saturated heterocycles. The molecule has 96 valence electrons. The molecule has 0 spiro atoms. The van der Waals surface area contributed by atoms with Crippen molar-refractivity contribution in [2.45, 2.75) is 27.3 Å². The summed E-state index contributed by atoms with van der Waals surface area (Å²) in [5.74, 6) is 0.660. The van der Waals surface area contributed by atoms with Gasteiger partial charge in [-0.2, -0.15) is 0 Å². The number of rotatable bonds is 6. The first-order chi connectivity index (χ1) is 8.08. The monoisotopic (exact) mass is 254 g/mol. The van der Waals surface area contributed by atoms with Crippen molar-refractivity contribution < 1.29 is 0 Å². The summed E-state index contributed by atoms with van der Waals surface area (Å²) < 4.78 is 0. The third kappa shape index (κ3) is 4.21. The van der Waals surface area contributed by atoms with Crippen LogP contribution in [0.1, 0.15) is 26.3 Å². The Morgan fingerprint density at radius 3 is 2.59 bits per heavy atom. The summed E-state index contributed by atoms with van der Waals surface area (Å²) in [6.07, 6.45) is 0. The third-order valence-corrected chi connectivity index (χ3v) is 2.95. The first-order valence-electron chi connectivity index (χ1n) is 6.26. The van der Waals surface area contributed by atoms with Gasteiger partial charge in [0.1, 0.15) is 0 Å². The fourth-order valence-corrected chi connectivity index (χ4v) is 2.23. The molecular formula is C14H23ClN2. The number of hydrogen-bond acceptors (Lipinski definition) is 2. The largest absolute Gasteiger partial charge is 0.371 e. The molecule has 0 aromatic heterocycles. The molecule has 0 unspecified atom stereocenters. The van der Waals surface area contributed by atoms with Gasteiger partial charge < -0.3 is 10.2 Å². The van der Waals surface area contributed by atoms with Gasteiger partial charge in [-0.25, -0.2) is 0 Å². The van der Waals surface area contributed by atoms with E-state index < -0.39 is 0 Å². The molecule has 17 heavy (non-hydrogen) atoms. The highest BCUT2D eigenvalue weighted by atomic mass is 35.5. The van der Waals surface area contributed by atoms with E-state index in [0.29, 0.717) is 5.92 Å². The number of anilines is 1. The van der Waals surface area contributed by atoms with E-state index in [9.17, 15) is 0 Å². The predicted molar refractivity (Wildman–Crippen MR) is 76.9 cm³/mol. The topological polar surface area (TPSA) is 15.3 Å². The Kier molecular flexibility index (Phi) is 5.79. The molecule has 0 amide bonds. The van der Waals surface area contributed by atoms with Crippen molar-refractivity contribution in [3.05, 3.63) is 28.8 Å². The van der Waals surface area contributed by atoms with Crippen molar-refractivity contribution in [2.75, 3.05) is 25.0 Å². The maximum Gasteiger partial charge on any atom is 0.0412 e. The van der Waals surface area contributed by atoms with Crippen LogP contribution in [0.5, 0.6) is 0 Å². The van der Waals surface area contributed by atoms with Crippen LogP contribution in [0.3, 0.4) is 0 Å². The van der Waals surface area contributed by atoms with E-state index in [1.165, 1.54) is 11.3 Å². The zero-order valence-electron chi connectivity index (χ0n) is 11.3. The Balaban J connectivity index is 3.00. The minimum absolute atomic E-state index is 0.660. The van der Waals surface area contributed by atoms with Crippen molar-refractivity contribution in [3.63, 3.8) is 0 Å². The standard InChI is InChI=1S/C14H23ClN2/c1-5-17(10-11(2)3)14-7-6-13(15)8-12(14)9-16-4/h6-8,11,16H,5,9-10H2,1-4H3. The highest BCUT2D eigenvalue weighted by molar-refractivity contribution is 6.30. The molecule has 1 aromatic rings. The third-order valence-electron chi connectivity index (χ3n) is 2.72. The molecule has 0 heterocycles. The maximum absolute atomic E-state index is 6.06. The molecule has 0 saturated carbocycles. The normalized spacial score (nSPS) is 10.9. The molecule has 1 aromatic carbocycles. The van der Waals surface area contributed by atoms with E-state index in [1.807, 2.05) is 13.1 Å². The van der Waals surface area contributed by atoms with Crippen LogP contribution >= 0.6 is 11.6 Å². The summed E-state index contributed by atoms with van der Waals surface area (Å²) in [7, 11) is 1.96. The van der Waals surface area contributed by atoms with Crippen molar-refractivity contribution in [2.24, 2.45) is 5.92 Å². The van der Waals surface area contributed by atoms with Crippen LogP contribution < -0.4 is 10.2 Å². The molecule has 0 aliphatic rings. The molecule has 0 atom stereocenters. The quantitative estimate of drug-likeness (QED) is 0.835. The highest BCUT2D eigenvalue weighted by Crippen LogP contribution is 2.25. The molecular weight excluding hydrogens is 232 g/mol. The number of halogens is 1. The van der Waals surface area contributed by atoms with Crippen molar-refractivity contribution in [3.8, 4) is 0 Å². The summed E-state index contributed by atoms with van der Waals surface area (Å²) in [6.45, 7) is 9.64. The summed E-state index contributed by atoms with van der Waals surface area (Å²) in [4.78, 5) is 2.41. The van der Waals surface area contributed by atoms with Crippen LogP contribution in [0.25, 0.3) is 0 Å². The van der Waals surface area contributed by atoms with E-state index in [-0.39, 0.29) is 0 Å². The molecule has 0 fully saturated rings. The lowest BCUT2D eigenvalue weighted by Crippen LogP contribution is -2.28. The van der Waals surface area contributed by atoms with Gasteiger partial charge in [0.05, 0.1) is 0 Å². The van der Waals surface area contributed by atoms with Crippen LogP contribution in [0, 0.1) is 5.92 Å². The molecule has 0 bridgehead atoms. The zero-order chi connectivity index (χ0) is 12.8. The Morgan fingerprint density at radius 1 is 1.35 bits per heavy atom. The molecule has 1 rings (SSSR count). The van der Waals surface area contributed by atoms with Crippen LogP contribution in [0.4, 0.5) is 5.69 Å². The zero-order valence-corrected chi connectivity index (χ0v) is 12.0. The molecule has 0 radical (unpaired) electrons. The van der Waals surface area contributed by atoms with E-state index in [0.717, 1.165) is 24.7 Å². The van der Waals surface area contributed by atoms with Crippen molar-refractivity contribution in [1.29, 1.82) is 0 Å². The lowest BCUT2D eigenvalue weighted by Gasteiger charge is -2.27. The fourth-order valence-electron chi connectivity index (χ4n) is 2.03. The molecule has 2 nitrogen and oxygen atoms in total. The Morgan fingerprint density at radius 2 is 2.06 bits per heavy atom. The van der Waals surface area contributed by atoms with Crippen molar-refractivity contribution >= 4 is 17.3 Å². The summed E-state index contributed by atoms with van der Waals surface area (Å²) in [5, 5.41) is 4.00. The summed E-state index contributed by atoms with van der Waals surface area (Å²) >= 11 is 6.06. The average Bonchev–Trinajstić information content (AvgIpc) is 2.27. The van der Waals surface area contributed by atoms with Gasteiger partial charge in [0, 0.05) is 30.3 Å². The van der Waals surface area contributed by atoms with Gasteiger partial charge in [-0.05, 0) is 43.7 Å². The van der Waals surface area contributed by atoms with Gasteiger partial charge in [0.15, 0.2) is 0 Å². The second-order valence-electron chi connectivity index (χ2n) is 4.74. The molecule has 0 aliphatic carbocycles. The van der Waals surface area contributed by atoms with Crippen LogP contribution in [0.2, 0.25) is 5.02 Å². The van der Waals surface area contributed by atoms with Gasteiger partial charge >= 0.3 is 0 Å². The number of benzene rings is 1. The lowest BCUT2D eigenvalue weighted by atomic mass is 10.1. The molecule has 0 aliphatic heterocycles. The lowest BCUT2D eigenvalue weighted by molar-refractivity contribution is 0.616. The van der Waals surface area contributed by atoms with E-state index >= 15 is 0 Å². The summed E-state index contributed by atoms with van der Waals surface area (Å²) in [6, 6.07) is 6.15. The van der Waals surface area contributed by atoms with Crippen LogP contribution in [0.15, 0.2) is 18.2 Å². The Bertz CT molecular complexity index is 350. The number of hydrogen-bond donors (Lipinski definition) is 1. The molecule has 1 N–H and O–H groups in total. The highest BCUT2D eigenvalue weighted by Gasteiger charge is 2.11. The van der Waals surface area contributed by atoms with Crippen LogP contribution in [-0.2, 0) is 6.54 Å². The minimum atomic E-state index is 0.660. The van der Waals surface area contributed by atoms with Crippen molar-refractivity contribution in [1.82, 2.24) is 5.32 Å². The average molecular weight is 255 g/mol. The maximum atomic E-state index is 6.06. The van der Waals surface area contributed by atoms with Gasteiger partial charge in [0.2, 0.25) is 0 Å². The van der Waals surface area contributed by atoms with Gasteiger partial charge in [-0.15, -0.1) is 0 Å². The van der Waals surface area contributed by atoms with Crippen LogP contribution in [-0.4, -0.2) is 20.1 Å². The Hall–Kier alpha value is -0.730. The summed E-state index contributed by atoms with van der Waals surface area (Å²) in [5.41, 5.74) is 2.56. The Labute approximate surface area is 110 Å². The smallest absolute Gasteiger partial charge is 0.0412 e. The van der Waals surface area contributed by atoms with E-state index in [1.54, 1.807) is 0 Å². The first-order valence-corrected chi connectivity index (χ1v) is 6.64. The SMILES string of the molecule is CCN(CC(C)C)c1ccc(Cl)cc1CNC. The predicted octanol–water partition coefficient (Wildman–Crippen LogP) is 3.54. The van der Waals surface area contributed by atoms with Gasteiger partial charge in [-0.1, -0.05) is 25.4 Å². The fraction of sp³-hybridized carbons (Fsp3) is 0.571. The van der Waals surface area contributed by atoms with E-state index in [4.69, 9.17) is 11.6 Å². The minimum Gasteiger partial charge on any atom is -0.371 e. The number of nitrogens with one attached hydrogen (secondary N) is 1. The number of nitrogens with zero attached hydrogens (tertiary/aromatic N) is 1. The second-order valence-corrected chi connectivity index (χ2v) is 5.17. The van der Waals surface area contributed by atoms with Gasteiger partial charge in [-0.3, -0.25) is 0 Å².